The lowest BCUT2D eigenvalue weighted by molar-refractivity contribution is 0.770. The van der Waals surface area contributed by atoms with Crippen LogP contribution < -0.4 is 4.90 Å². The lowest BCUT2D eigenvalue weighted by Gasteiger charge is -2.35. The molecule has 0 saturated heterocycles. The summed E-state index contributed by atoms with van der Waals surface area (Å²) in [7, 11) is 0. The van der Waals surface area contributed by atoms with Gasteiger partial charge in [-0.05, 0) is 115 Å². The molecule has 1 aromatic heterocycles. The molecule has 1 aliphatic rings. The van der Waals surface area contributed by atoms with Gasteiger partial charge < -0.3 is 4.90 Å². The Balaban J connectivity index is 1.07. The van der Waals surface area contributed by atoms with Gasteiger partial charge in [0.1, 0.15) is 0 Å². The molecule has 11 aromatic rings. The second kappa shape index (κ2) is 14.3. The van der Waals surface area contributed by atoms with Crippen molar-refractivity contribution in [2.75, 3.05) is 4.90 Å². The van der Waals surface area contributed by atoms with Crippen LogP contribution >= 0.6 is 11.3 Å². The third-order valence-electron chi connectivity index (χ3n) is 12.8. The Morgan fingerprint density at radius 3 is 1.69 bits per heavy atom. The zero-order valence-electron chi connectivity index (χ0n) is 33.4. The molecule has 0 aliphatic heterocycles. The smallest absolute Gasteiger partial charge is 0.0714 e. The van der Waals surface area contributed by atoms with Crippen LogP contribution in [0.15, 0.2) is 237 Å². The molecule has 1 aliphatic carbocycles. The van der Waals surface area contributed by atoms with Gasteiger partial charge in [0, 0.05) is 37.2 Å². The summed E-state index contributed by atoms with van der Waals surface area (Å²) in [6.45, 7) is 0. The van der Waals surface area contributed by atoms with E-state index in [0.29, 0.717) is 0 Å². The van der Waals surface area contributed by atoms with Crippen molar-refractivity contribution in [2.45, 2.75) is 5.41 Å². The average Bonchev–Trinajstić information content (AvgIpc) is 3.86. The number of thiophene rings is 1. The molecule has 0 bridgehead atoms. The number of anilines is 3. The first-order chi connectivity index (χ1) is 30.2. The fourth-order valence-corrected chi connectivity index (χ4v) is 11.1. The first-order valence-corrected chi connectivity index (χ1v) is 21.8. The van der Waals surface area contributed by atoms with E-state index < -0.39 is 5.41 Å². The molecular formula is C59H39NS. The second-order valence-corrected chi connectivity index (χ2v) is 17.1. The molecule has 286 valence electrons. The maximum Gasteiger partial charge on any atom is 0.0714 e. The Kier molecular flexibility index (Phi) is 8.33. The van der Waals surface area contributed by atoms with Crippen molar-refractivity contribution in [1.29, 1.82) is 0 Å². The van der Waals surface area contributed by atoms with Gasteiger partial charge in [-0.25, -0.2) is 0 Å². The maximum absolute atomic E-state index is 2.47. The molecule has 0 amide bonds. The van der Waals surface area contributed by atoms with E-state index in [1.54, 1.807) is 0 Å². The summed E-state index contributed by atoms with van der Waals surface area (Å²) in [5, 5.41) is 5.13. The van der Waals surface area contributed by atoms with Crippen molar-refractivity contribution in [2.24, 2.45) is 0 Å². The van der Waals surface area contributed by atoms with Crippen LogP contribution in [0.2, 0.25) is 0 Å². The molecule has 1 atom stereocenters. The average molecular weight is 794 g/mol. The number of benzene rings is 10. The number of hydrogen-bond acceptors (Lipinski definition) is 2. The molecule has 1 nitrogen and oxygen atoms in total. The van der Waals surface area contributed by atoms with Crippen LogP contribution in [-0.4, -0.2) is 0 Å². The van der Waals surface area contributed by atoms with Gasteiger partial charge in [0.25, 0.3) is 0 Å². The van der Waals surface area contributed by atoms with E-state index in [9.17, 15) is 0 Å². The highest BCUT2D eigenvalue weighted by atomic mass is 32.1. The molecule has 2 heteroatoms. The van der Waals surface area contributed by atoms with E-state index in [1.807, 2.05) is 11.3 Å². The van der Waals surface area contributed by atoms with Crippen molar-refractivity contribution < 1.29 is 0 Å². The van der Waals surface area contributed by atoms with Gasteiger partial charge in [-0.3, -0.25) is 0 Å². The van der Waals surface area contributed by atoms with Crippen molar-refractivity contribution in [3.8, 4) is 33.4 Å². The molecule has 0 spiro atoms. The van der Waals surface area contributed by atoms with Gasteiger partial charge in [0.15, 0.2) is 0 Å². The lowest BCUT2D eigenvalue weighted by Crippen LogP contribution is -2.28. The van der Waals surface area contributed by atoms with E-state index in [2.05, 4.69) is 241 Å². The maximum atomic E-state index is 2.47. The van der Waals surface area contributed by atoms with Crippen LogP contribution in [0, 0.1) is 0 Å². The molecule has 1 heterocycles. The minimum absolute atomic E-state index is 0.547. The zero-order valence-corrected chi connectivity index (χ0v) is 34.2. The van der Waals surface area contributed by atoms with Crippen LogP contribution in [0.4, 0.5) is 17.1 Å². The van der Waals surface area contributed by atoms with Gasteiger partial charge in [-0.1, -0.05) is 188 Å². The van der Waals surface area contributed by atoms with Crippen molar-refractivity contribution in [3.05, 3.63) is 259 Å². The predicted octanol–water partition coefficient (Wildman–Crippen LogP) is 16.4. The van der Waals surface area contributed by atoms with Gasteiger partial charge >= 0.3 is 0 Å². The Bertz CT molecular complexity index is 3400. The topological polar surface area (TPSA) is 3.24 Å². The van der Waals surface area contributed by atoms with Crippen LogP contribution in [-0.2, 0) is 5.41 Å². The molecule has 10 aromatic carbocycles. The van der Waals surface area contributed by atoms with Gasteiger partial charge in [0.05, 0.1) is 5.41 Å². The summed E-state index contributed by atoms with van der Waals surface area (Å²) < 4.78 is 2.63. The predicted molar refractivity (Wildman–Crippen MR) is 260 cm³/mol. The fourth-order valence-electron chi connectivity index (χ4n) is 9.99. The van der Waals surface area contributed by atoms with Crippen molar-refractivity contribution >= 4 is 59.3 Å². The molecule has 0 N–H and O–H groups in total. The molecule has 12 rings (SSSR count). The summed E-state index contributed by atoms with van der Waals surface area (Å²) in [5.41, 5.74) is 15.3. The molecule has 61 heavy (non-hydrogen) atoms. The summed E-state index contributed by atoms with van der Waals surface area (Å²) in [6, 6.07) is 87.4. The summed E-state index contributed by atoms with van der Waals surface area (Å²) in [5.74, 6) is 0. The Morgan fingerprint density at radius 2 is 0.885 bits per heavy atom. The van der Waals surface area contributed by atoms with E-state index in [1.165, 1.54) is 86.6 Å². The zero-order chi connectivity index (χ0) is 40.3. The fraction of sp³-hybridized carbons (Fsp3) is 0.0169. The van der Waals surface area contributed by atoms with Gasteiger partial charge in [0.2, 0.25) is 0 Å². The highest BCUT2D eigenvalue weighted by Crippen LogP contribution is 2.58. The highest BCUT2D eigenvalue weighted by molar-refractivity contribution is 7.25. The Hall–Kier alpha value is -7.52. The quantitative estimate of drug-likeness (QED) is 0.155. The first kappa shape index (κ1) is 35.4. The van der Waals surface area contributed by atoms with Crippen LogP contribution in [0.5, 0.6) is 0 Å². The van der Waals surface area contributed by atoms with Crippen molar-refractivity contribution in [3.63, 3.8) is 0 Å². The largest absolute Gasteiger partial charge is 0.310 e. The summed E-state index contributed by atoms with van der Waals surface area (Å²) in [6.07, 6.45) is 0. The van der Waals surface area contributed by atoms with Crippen LogP contribution in [0.25, 0.3) is 64.3 Å². The van der Waals surface area contributed by atoms with Gasteiger partial charge in [-0.15, -0.1) is 11.3 Å². The highest BCUT2D eigenvalue weighted by Gasteiger charge is 2.46. The number of rotatable bonds is 7. The van der Waals surface area contributed by atoms with Gasteiger partial charge in [-0.2, -0.15) is 0 Å². The third kappa shape index (κ3) is 5.68. The lowest BCUT2D eigenvalue weighted by atomic mass is 9.67. The van der Waals surface area contributed by atoms with Crippen molar-refractivity contribution in [1.82, 2.24) is 0 Å². The minimum Gasteiger partial charge on any atom is -0.310 e. The van der Waals surface area contributed by atoms with E-state index in [-0.39, 0.29) is 0 Å². The van der Waals surface area contributed by atoms with E-state index in [4.69, 9.17) is 0 Å². The number of hydrogen-bond donors (Lipinski definition) is 0. The third-order valence-corrected chi connectivity index (χ3v) is 13.9. The van der Waals surface area contributed by atoms with Crippen LogP contribution in [0.3, 0.4) is 0 Å². The summed E-state index contributed by atoms with van der Waals surface area (Å²) >= 11 is 1.88. The monoisotopic (exact) mass is 793 g/mol. The van der Waals surface area contributed by atoms with Crippen LogP contribution in [0.1, 0.15) is 22.3 Å². The summed E-state index contributed by atoms with van der Waals surface area (Å²) in [4.78, 5) is 2.43. The Labute approximate surface area is 360 Å². The normalized spacial score (nSPS) is 14.3. The van der Waals surface area contributed by atoms with E-state index in [0.717, 1.165) is 17.1 Å². The standard InChI is InChI=1S/C59H39NS/c1-3-14-40(15-4-1)41-26-31-46(32-27-41)60(47-33-28-43(29-34-47)50-23-13-17-42-16-7-8-20-49(42)50)48-35-37-52-51-21-9-11-24-55(51)59(56(52)39-48,44-18-5-2-6-19-44)45-30-36-54-53-22-10-12-25-57(53)61-58(54)38-45/h1-39H. The molecular weight excluding hydrogens is 755 g/mol. The molecule has 1 unspecified atom stereocenters. The Morgan fingerprint density at radius 1 is 0.311 bits per heavy atom. The minimum atomic E-state index is -0.547. The molecule has 0 saturated carbocycles. The number of nitrogens with zero attached hydrogens (tertiary/aromatic N) is 1. The number of fused-ring (bicyclic) bond motifs is 7. The van der Waals surface area contributed by atoms with E-state index >= 15 is 0 Å². The molecule has 0 fully saturated rings. The molecule has 0 radical (unpaired) electrons. The SMILES string of the molecule is c1ccc(-c2ccc(N(c3ccc(-c4cccc5ccccc45)cc3)c3ccc4c(c3)C(c3ccccc3)(c3ccc5c(c3)sc3ccccc35)c3ccccc3-4)cc2)cc1. The first-order valence-electron chi connectivity index (χ1n) is 21.0. The second-order valence-electron chi connectivity index (χ2n) is 16.0.